The molecule has 1 unspecified atom stereocenters. The Kier molecular flexibility index (Phi) is 4.43. The average Bonchev–Trinajstić information content (AvgIpc) is 3.19. The number of benzene rings is 1. The number of hydrogen-bond donors (Lipinski definition) is 0. The molecule has 0 radical (unpaired) electrons. The normalized spacial score (nSPS) is 16.8. The first kappa shape index (κ1) is 15.8. The van der Waals surface area contributed by atoms with Gasteiger partial charge in [-0.2, -0.15) is 4.98 Å². The Morgan fingerprint density at radius 1 is 1.00 bits per heavy atom. The summed E-state index contributed by atoms with van der Waals surface area (Å²) < 4.78 is 5.42. The van der Waals surface area contributed by atoms with Crippen LogP contribution in [0.5, 0.6) is 0 Å². The first-order valence-corrected chi connectivity index (χ1v) is 8.59. The highest BCUT2D eigenvalue weighted by Gasteiger charge is 2.24. The van der Waals surface area contributed by atoms with Gasteiger partial charge in [0.15, 0.2) is 0 Å². The Morgan fingerprint density at radius 3 is 2.52 bits per heavy atom. The largest absolute Gasteiger partial charge is 0.336 e. The molecule has 0 aliphatic carbocycles. The van der Waals surface area contributed by atoms with Gasteiger partial charge in [-0.15, -0.1) is 0 Å². The highest BCUT2D eigenvalue weighted by Crippen LogP contribution is 2.24. The number of pyridine rings is 1. The lowest BCUT2D eigenvalue weighted by Crippen LogP contribution is -2.47. The number of anilines is 1. The van der Waals surface area contributed by atoms with Gasteiger partial charge in [0.05, 0.1) is 0 Å². The lowest BCUT2D eigenvalue weighted by molar-refractivity contribution is 0.197. The molecule has 1 aliphatic rings. The summed E-state index contributed by atoms with van der Waals surface area (Å²) in [5.41, 5.74) is 2.20. The van der Waals surface area contributed by atoms with Crippen molar-refractivity contribution in [3.05, 3.63) is 60.4 Å². The van der Waals surface area contributed by atoms with Crippen LogP contribution in [0.15, 0.2) is 59.4 Å². The van der Waals surface area contributed by atoms with E-state index >= 15 is 0 Å². The molecule has 0 amide bonds. The molecule has 1 fully saturated rings. The standard InChI is InChI=1S/C19H21N5O/c1-15(17-8-5-9-20-14-17)23-10-12-24(13-11-23)19-21-18(25-22-19)16-6-3-2-4-7-16/h2-9,14-15H,10-13H2,1H3. The number of rotatable bonds is 4. The van der Waals surface area contributed by atoms with E-state index < -0.39 is 0 Å². The number of aromatic nitrogens is 3. The van der Waals surface area contributed by atoms with Gasteiger partial charge in [0, 0.05) is 50.2 Å². The SMILES string of the molecule is CC(c1cccnc1)N1CCN(c2noc(-c3ccccc3)n2)CC1. The van der Waals surface area contributed by atoms with E-state index in [1.54, 1.807) is 0 Å². The molecule has 2 aromatic heterocycles. The van der Waals surface area contributed by atoms with Gasteiger partial charge in [-0.25, -0.2) is 0 Å². The van der Waals surface area contributed by atoms with Crippen molar-refractivity contribution in [1.29, 1.82) is 0 Å². The van der Waals surface area contributed by atoms with Crippen LogP contribution in [-0.4, -0.2) is 46.2 Å². The van der Waals surface area contributed by atoms with E-state index in [9.17, 15) is 0 Å². The summed E-state index contributed by atoms with van der Waals surface area (Å²) >= 11 is 0. The third-order valence-electron chi connectivity index (χ3n) is 4.75. The van der Waals surface area contributed by atoms with Crippen LogP contribution in [0.1, 0.15) is 18.5 Å². The van der Waals surface area contributed by atoms with Crippen LogP contribution in [0.25, 0.3) is 11.5 Å². The van der Waals surface area contributed by atoms with Crippen LogP contribution in [0.3, 0.4) is 0 Å². The second-order valence-electron chi connectivity index (χ2n) is 6.25. The third kappa shape index (κ3) is 3.39. The average molecular weight is 335 g/mol. The summed E-state index contributed by atoms with van der Waals surface area (Å²) in [6.45, 7) is 5.93. The Balaban J connectivity index is 1.40. The molecular formula is C19H21N5O. The van der Waals surface area contributed by atoms with E-state index in [0.29, 0.717) is 17.9 Å². The van der Waals surface area contributed by atoms with Crippen LogP contribution >= 0.6 is 0 Å². The van der Waals surface area contributed by atoms with Gasteiger partial charge in [-0.05, 0) is 35.8 Å². The topological polar surface area (TPSA) is 58.3 Å². The minimum absolute atomic E-state index is 0.362. The monoisotopic (exact) mass is 335 g/mol. The zero-order valence-corrected chi connectivity index (χ0v) is 14.2. The molecule has 0 saturated carbocycles. The van der Waals surface area contributed by atoms with Crippen molar-refractivity contribution in [2.24, 2.45) is 0 Å². The molecule has 6 heteroatoms. The quantitative estimate of drug-likeness (QED) is 0.730. The lowest BCUT2D eigenvalue weighted by Gasteiger charge is -2.37. The second kappa shape index (κ2) is 7.03. The Hall–Kier alpha value is -2.73. The van der Waals surface area contributed by atoms with Crippen LogP contribution in [0.2, 0.25) is 0 Å². The predicted octanol–water partition coefficient (Wildman–Crippen LogP) is 3.01. The molecular weight excluding hydrogens is 314 g/mol. The van der Waals surface area contributed by atoms with Gasteiger partial charge in [0.25, 0.3) is 11.8 Å². The molecule has 1 aromatic carbocycles. The fraction of sp³-hybridized carbons (Fsp3) is 0.316. The number of piperazine rings is 1. The zero-order valence-electron chi connectivity index (χ0n) is 14.2. The van der Waals surface area contributed by atoms with E-state index in [1.807, 2.05) is 48.8 Å². The Bertz CT molecular complexity index is 797. The predicted molar refractivity (Wildman–Crippen MR) is 96.2 cm³/mol. The Morgan fingerprint density at radius 2 is 1.80 bits per heavy atom. The van der Waals surface area contributed by atoms with Gasteiger partial charge < -0.3 is 9.42 Å². The maximum atomic E-state index is 5.42. The molecule has 0 N–H and O–H groups in total. The van der Waals surface area contributed by atoms with Crippen LogP contribution in [0.4, 0.5) is 5.95 Å². The molecule has 0 bridgehead atoms. The van der Waals surface area contributed by atoms with Crippen LogP contribution in [0, 0.1) is 0 Å². The molecule has 3 heterocycles. The van der Waals surface area contributed by atoms with Crippen molar-refractivity contribution in [3.8, 4) is 11.5 Å². The second-order valence-corrected chi connectivity index (χ2v) is 6.25. The summed E-state index contributed by atoms with van der Waals surface area (Å²) in [6.07, 6.45) is 3.76. The van der Waals surface area contributed by atoms with Gasteiger partial charge in [-0.3, -0.25) is 9.88 Å². The molecule has 1 aliphatic heterocycles. The first-order valence-electron chi connectivity index (χ1n) is 8.59. The minimum atomic E-state index is 0.362. The van der Waals surface area contributed by atoms with Crippen molar-refractivity contribution in [2.45, 2.75) is 13.0 Å². The van der Waals surface area contributed by atoms with E-state index in [2.05, 4.69) is 37.9 Å². The van der Waals surface area contributed by atoms with E-state index in [1.165, 1.54) is 5.56 Å². The fourth-order valence-electron chi connectivity index (χ4n) is 3.19. The maximum Gasteiger partial charge on any atom is 0.266 e. The Labute approximate surface area is 147 Å². The molecule has 1 saturated heterocycles. The molecule has 25 heavy (non-hydrogen) atoms. The molecule has 1 atom stereocenters. The molecule has 4 rings (SSSR count). The smallest absolute Gasteiger partial charge is 0.266 e. The van der Waals surface area contributed by atoms with E-state index in [4.69, 9.17) is 4.52 Å². The molecule has 0 spiro atoms. The first-order chi connectivity index (χ1) is 12.3. The summed E-state index contributed by atoms with van der Waals surface area (Å²) in [5.74, 6) is 1.24. The van der Waals surface area contributed by atoms with Crippen molar-refractivity contribution >= 4 is 5.95 Å². The van der Waals surface area contributed by atoms with Crippen molar-refractivity contribution < 1.29 is 4.52 Å². The van der Waals surface area contributed by atoms with Gasteiger partial charge in [-0.1, -0.05) is 24.3 Å². The van der Waals surface area contributed by atoms with Gasteiger partial charge in [0.2, 0.25) is 0 Å². The van der Waals surface area contributed by atoms with Gasteiger partial charge in [0.1, 0.15) is 0 Å². The maximum absolute atomic E-state index is 5.42. The highest BCUT2D eigenvalue weighted by atomic mass is 16.5. The van der Waals surface area contributed by atoms with E-state index in [0.717, 1.165) is 31.7 Å². The molecule has 6 nitrogen and oxygen atoms in total. The fourth-order valence-corrected chi connectivity index (χ4v) is 3.19. The lowest BCUT2D eigenvalue weighted by atomic mass is 10.1. The third-order valence-corrected chi connectivity index (χ3v) is 4.75. The molecule has 128 valence electrons. The van der Waals surface area contributed by atoms with Gasteiger partial charge >= 0.3 is 0 Å². The zero-order chi connectivity index (χ0) is 17.1. The summed E-state index contributed by atoms with van der Waals surface area (Å²) in [7, 11) is 0. The highest BCUT2D eigenvalue weighted by molar-refractivity contribution is 5.54. The van der Waals surface area contributed by atoms with E-state index in [-0.39, 0.29) is 0 Å². The van der Waals surface area contributed by atoms with Crippen LogP contribution in [-0.2, 0) is 0 Å². The number of nitrogens with zero attached hydrogens (tertiary/aromatic N) is 5. The van der Waals surface area contributed by atoms with Crippen molar-refractivity contribution in [1.82, 2.24) is 20.0 Å². The van der Waals surface area contributed by atoms with Crippen molar-refractivity contribution in [3.63, 3.8) is 0 Å². The minimum Gasteiger partial charge on any atom is -0.336 e. The summed E-state index contributed by atoms with van der Waals surface area (Å²) in [4.78, 5) is 13.4. The number of hydrogen-bond acceptors (Lipinski definition) is 6. The van der Waals surface area contributed by atoms with Crippen molar-refractivity contribution in [2.75, 3.05) is 31.1 Å². The summed E-state index contributed by atoms with van der Waals surface area (Å²) in [6, 6.07) is 14.4. The van der Waals surface area contributed by atoms with Crippen LogP contribution < -0.4 is 4.90 Å². The summed E-state index contributed by atoms with van der Waals surface area (Å²) in [5, 5.41) is 4.16. The molecule has 3 aromatic rings.